The number of carboxylic acid groups (broad SMARTS) is 1. The molecule has 1 amide bonds. The molecule has 0 aliphatic rings. The Labute approximate surface area is 124 Å². The Hall–Kier alpha value is -1.45. The zero-order valence-corrected chi connectivity index (χ0v) is 13.2. The summed E-state index contributed by atoms with van der Waals surface area (Å²) in [6, 6.07) is 4.02. The van der Waals surface area contributed by atoms with E-state index in [4.69, 9.17) is 5.11 Å². The Morgan fingerprint density at radius 3 is 2.45 bits per heavy atom. The summed E-state index contributed by atoms with van der Waals surface area (Å²) in [4.78, 5) is 21.5. The number of hydrogen-bond acceptors (Lipinski definition) is 4. The molecule has 20 heavy (non-hydrogen) atoms. The van der Waals surface area contributed by atoms with E-state index < -0.39 is 22.5 Å². The van der Waals surface area contributed by atoms with Crippen LogP contribution in [-0.2, 0) is 19.6 Å². The fourth-order valence-corrected chi connectivity index (χ4v) is 3.18. The molecule has 0 bridgehead atoms. The normalized spacial score (nSPS) is 11.4. The van der Waals surface area contributed by atoms with E-state index in [2.05, 4.69) is 21.2 Å². The van der Waals surface area contributed by atoms with Crippen molar-refractivity contribution in [1.29, 1.82) is 0 Å². The molecular weight excluding hydrogens is 352 g/mol. The molecule has 0 aliphatic heterocycles. The lowest BCUT2D eigenvalue weighted by Crippen LogP contribution is -2.32. The summed E-state index contributed by atoms with van der Waals surface area (Å²) in [6.45, 7) is 0.700. The highest BCUT2D eigenvalue weighted by atomic mass is 79.9. The molecule has 0 aliphatic carbocycles. The number of benzene rings is 1. The Morgan fingerprint density at radius 1 is 1.40 bits per heavy atom. The Morgan fingerprint density at radius 2 is 2.00 bits per heavy atom. The topological polar surface area (TPSA) is 104 Å². The van der Waals surface area contributed by atoms with E-state index in [1.165, 1.54) is 32.2 Å². The highest BCUT2D eigenvalue weighted by molar-refractivity contribution is 9.10. The third kappa shape index (κ3) is 4.02. The van der Waals surface area contributed by atoms with Crippen LogP contribution in [-0.4, -0.2) is 43.3 Å². The third-order valence-electron chi connectivity index (χ3n) is 2.32. The van der Waals surface area contributed by atoms with Gasteiger partial charge in [-0.15, -0.1) is 0 Å². The summed E-state index contributed by atoms with van der Waals surface area (Å²) in [7, 11) is -2.71. The van der Waals surface area contributed by atoms with E-state index >= 15 is 0 Å². The predicted molar refractivity (Wildman–Crippen MR) is 75.9 cm³/mol. The molecule has 1 rings (SSSR count). The van der Waals surface area contributed by atoms with Crippen LogP contribution in [0, 0.1) is 0 Å². The van der Waals surface area contributed by atoms with Gasteiger partial charge in [0.15, 0.2) is 0 Å². The van der Waals surface area contributed by atoms with Crippen molar-refractivity contribution in [3.63, 3.8) is 0 Å². The number of rotatable bonds is 5. The number of carboxylic acids is 1. The molecule has 0 unspecified atom stereocenters. The highest BCUT2D eigenvalue weighted by Crippen LogP contribution is 2.26. The maximum Gasteiger partial charge on any atom is 0.318 e. The van der Waals surface area contributed by atoms with Crippen molar-refractivity contribution in [1.82, 2.24) is 4.31 Å². The zero-order chi connectivity index (χ0) is 15.5. The van der Waals surface area contributed by atoms with E-state index in [0.29, 0.717) is 10.2 Å². The number of carbonyl (C=O) groups is 2. The standard InChI is InChI=1S/C11H13BrN2O5S/c1-7(15)13-10-4-3-8(5-9(10)12)20(18,19)14(2)6-11(16)17/h3-5H,6H2,1-2H3,(H,13,15)(H,16,17). The first-order valence-corrected chi connectivity index (χ1v) is 7.63. The van der Waals surface area contributed by atoms with Gasteiger partial charge in [0.2, 0.25) is 15.9 Å². The average molecular weight is 365 g/mol. The molecule has 0 radical (unpaired) electrons. The minimum Gasteiger partial charge on any atom is -0.480 e. The van der Waals surface area contributed by atoms with Crippen LogP contribution in [0.25, 0.3) is 0 Å². The molecule has 7 nitrogen and oxygen atoms in total. The van der Waals surface area contributed by atoms with Crippen LogP contribution in [0.15, 0.2) is 27.6 Å². The predicted octanol–water partition coefficient (Wildman–Crippen LogP) is 1.11. The number of halogens is 1. The van der Waals surface area contributed by atoms with E-state index in [1.807, 2.05) is 0 Å². The zero-order valence-electron chi connectivity index (χ0n) is 10.8. The van der Waals surface area contributed by atoms with Crippen molar-refractivity contribution >= 4 is 43.5 Å². The van der Waals surface area contributed by atoms with E-state index in [9.17, 15) is 18.0 Å². The second-order valence-corrected chi connectivity index (χ2v) is 6.88. The summed E-state index contributed by atoms with van der Waals surface area (Å²) in [5.41, 5.74) is 0.428. The average Bonchev–Trinajstić information content (AvgIpc) is 2.30. The van der Waals surface area contributed by atoms with Crippen LogP contribution in [0.4, 0.5) is 5.69 Å². The monoisotopic (exact) mass is 364 g/mol. The number of sulfonamides is 1. The molecule has 0 fully saturated rings. The fraction of sp³-hybridized carbons (Fsp3) is 0.273. The first-order chi connectivity index (χ1) is 9.14. The number of aliphatic carboxylic acids is 1. The van der Waals surface area contributed by atoms with Gasteiger partial charge in [-0.05, 0) is 34.1 Å². The molecule has 9 heteroatoms. The largest absolute Gasteiger partial charge is 0.480 e. The number of nitrogens with zero attached hydrogens (tertiary/aromatic N) is 1. The Kier molecular flexibility index (Phi) is 5.26. The van der Waals surface area contributed by atoms with Crippen LogP contribution in [0.5, 0.6) is 0 Å². The van der Waals surface area contributed by atoms with Gasteiger partial charge in [-0.2, -0.15) is 4.31 Å². The number of likely N-dealkylation sites (N-methyl/N-ethyl adjacent to an activating group) is 1. The first kappa shape index (κ1) is 16.6. The molecule has 0 aromatic heterocycles. The number of anilines is 1. The summed E-state index contributed by atoms with van der Waals surface area (Å²) in [5, 5.41) is 11.2. The van der Waals surface area contributed by atoms with Gasteiger partial charge >= 0.3 is 5.97 Å². The lowest BCUT2D eigenvalue weighted by atomic mass is 10.3. The molecule has 0 atom stereocenters. The third-order valence-corrected chi connectivity index (χ3v) is 4.77. The fourth-order valence-electron chi connectivity index (χ4n) is 1.40. The van der Waals surface area contributed by atoms with Gasteiger partial charge in [0, 0.05) is 18.4 Å². The van der Waals surface area contributed by atoms with Gasteiger partial charge in [-0.25, -0.2) is 8.42 Å². The number of carbonyl (C=O) groups excluding carboxylic acids is 1. The van der Waals surface area contributed by atoms with Crippen LogP contribution >= 0.6 is 15.9 Å². The molecule has 0 saturated heterocycles. The summed E-state index contributed by atoms with van der Waals surface area (Å²) in [6.07, 6.45) is 0. The summed E-state index contributed by atoms with van der Waals surface area (Å²) in [5.74, 6) is -1.53. The summed E-state index contributed by atoms with van der Waals surface area (Å²) >= 11 is 3.15. The van der Waals surface area contributed by atoms with Gasteiger partial charge < -0.3 is 10.4 Å². The van der Waals surface area contributed by atoms with E-state index in [-0.39, 0.29) is 10.8 Å². The van der Waals surface area contributed by atoms with Crippen LogP contribution in [0.1, 0.15) is 6.92 Å². The lowest BCUT2D eigenvalue weighted by Gasteiger charge is -2.15. The maximum atomic E-state index is 12.1. The van der Waals surface area contributed by atoms with E-state index in [0.717, 1.165) is 4.31 Å². The molecular formula is C11H13BrN2O5S. The van der Waals surface area contributed by atoms with Crippen LogP contribution < -0.4 is 5.32 Å². The minimum absolute atomic E-state index is 0.0674. The molecule has 1 aromatic carbocycles. The second-order valence-electron chi connectivity index (χ2n) is 3.98. The number of nitrogens with one attached hydrogen (secondary N) is 1. The van der Waals surface area contributed by atoms with Gasteiger partial charge in [-0.1, -0.05) is 0 Å². The van der Waals surface area contributed by atoms with E-state index in [1.54, 1.807) is 0 Å². The quantitative estimate of drug-likeness (QED) is 0.814. The second kappa shape index (κ2) is 6.33. The molecule has 2 N–H and O–H groups in total. The number of hydrogen-bond donors (Lipinski definition) is 2. The molecule has 1 aromatic rings. The van der Waals surface area contributed by atoms with Crippen molar-refractivity contribution in [2.75, 3.05) is 18.9 Å². The molecule has 0 spiro atoms. The SMILES string of the molecule is CC(=O)Nc1ccc(S(=O)(=O)N(C)CC(=O)O)cc1Br. The highest BCUT2D eigenvalue weighted by Gasteiger charge is 2.23. The maximum absolute atomic E-state index is 12.1. The number of amides is 1. The molecule has 110 valence electrons. The Balaban J connectivity index is 3.11. The van der Waals surface area contributed by atoms with Gasteiger partial charge in [0.25, 0.3) is 0 Å². The van der Waals surface area contributed by atoms with Gasteiger partial charge in [0.05, 0.1) is 10.6 Å². The smallest absolute Gasteiger partial charge is 0.318 e. The van der Waals surface area contributed by atoms with Crippen molar-refractivity contribution < 1.29 is 23.1 Å². The molecule has 0 heterocycles. The van der Waals surface area contributed by atoms with Crippen molar-refractivity contribution in [3.8, 4) is 0 Å². The van der Waals surface area contributed by atoms with Crippen molar-refractivity contribution in [2.45, 2.75) is 11.8 Å². The molecule has 0 saturated carbocycles. The van der Waals surface area contributed by atoms with Gasteiger partial charge in [0.1, 0.15) is 6.54 Å². The van der Waals surface area contributed by atoms with Crippen LogP contribution in [0.3, 0.4) is 0 Å². The first-order valence-electron chi connectivity index (χ1n) is 5.40. The Bertz CT molecular complexity index is 644. The van der Waals surface area contributed by atoms with Crippen LogP contribution in [0.2, 0.25) is 0 Å². The van der Waals surface area contributed by atoms with Crippen molar-refractivity contribution in [2.24, 2.45) is 0 Å². The van der Waals surface area contributed by atoms with Gasteiger partial charge in [-0.3, -0.25) is 9.59 Å². The van der Waals surface area contributed by atoms with Crippen molar-refractivity contribution in [3.05, 3.63) is 22.7 Å². The summed E-state index contributed by atoms with van der Waals surface area (Å²) < 4.78 is 25.3. The lowest BCUT2D eigenvalue weighted by molar-refractivity contribution is -0.137. The minimum atomic E-state index is -3.89.